The Bertz CT molecular complexity index is 313. The highest BCUT2D eigenvalue weighted by molar-refractivity contribution is 5.61. The summed E-state index contributed by atoms with van der Waals surface area (Å²) < 4.78 is 13.2. The molecule has 0 saturated carbocycles. The number of rotatable bonds is 5. The summed E-state index contributed by atoms with van der Waals surface area (Å²) in [6.45, 7) is 8.45. The van der Waals surface area contributed by atoms with E-state index in [1.165, 1.54) is 6.07 Å². The maximum absolute atomic E-state index is 13.2. The monoisotopic (exact) mass is 225 g/mol. The van der Waals surface area contributed by atoms with E-state index in [-0.39, 0.29) is 12.4 Å². The molecule has 0 unspecified atom stereocenters. The SMILES string of the molecule is C=C(NCCCO)c1ccccc1F.CC. The van der Waals surface area contributed by atoms with Gasteiger partial charge in [0.2, 0.25) is 0 Å². The van der Waals surface area contributed by atoms with Crippen LogP contribution in [0.15, 0.2) is 30.8 Å². The van der Waals surface area contributed by atoms with E-state index >= 15 is 0 Å². The number of aliphatic hydroxyl groups excluding tert-OH is 1. The van der Waals surface area contributed by atoms with Gasteiger partial charge in [0, 0.05) is 24.4 Å². The molecule has 0 aliphatic carbocycles. The summed E-state index contributed by atoms with van der Waals surface area (Å²) in [5, 5.41) is 11.5. The molecule has 0 atom stereocenters. The van der Waals surface area contributed by atoms with Crippen molar-refractivity contribution in [3.05, 3.63) is 42.2 Å². The summed E-state index contributed by atoms with van der Waals surface area (Å²) in [7, 11) is 0. The van der Waals surface area contributed by atoms with Gasteiger partial charge in [0.05, 0.1) is 0 Å². The number of halogens is 1. The van der Waals surface area contributed by atoms with Gasteiger partial charge in [0.15, 0.2) is 0 Å². The minimum absolute atomic E-state index is 0.123. The van der Waals surface area contributed by atoms with Crippen LogP contribution >= 0.6 is 0 Å². The van der Waals surface area contributed by atoms with Gasteiger partial charge in [-0.05, 0) is 18.6 Å². The molecular weight excluding hydrogens is 205 g/mol. The minimum Gasteiger partial charge on any atom is -0.396 e. The number of nitrogens with one attached hydrogen (secondary N) is 1. The summed E-state index contributed by atoms with van der Waals surface area (Å²) in [5.41, 5.74) is 1.03. The van der Waals surface area contributed by atoms with Gasteiger partial charge in [-0.1, -0.05) is 32.6 Å². The van der Waals surface area contributed by atoms with Crippen molar-refractivity contribution >= 4 is 5.70 Å². The average Bonchev–Trinajstić information content (AvgIpc) is 2.32. The molecule has 0 amide bonds. The standard InChI is InChI=1S/C11H14FNO.C2H6/c1-9(13-7-4-8-14)10-5-2-3-6-11(10)12;1-2/h2-3,5-6,13-14H,1,4,7-8H2;1-2H3. The lowest BCUT2D eigenvalue weighted by atomic mass is 10.1. The van der Waals surface area contributed by atoms with Gasteiger partial charge in [-0.2, -0.15) is 0 Å². The Labute approximate surface area is 96.8 Å². The minimum atomic E-state index is -0.283. The molecule has 0 bridgehead atoms. The highest BCUT2D eigenvalue weighted by Crippen LogP contribution is 2.13. The molecule has 90 valence electrons. The highest BCUT2D eigenvalue weighted by atomic mass is 19.1. The van der Waals surface area contributed by atoms with Crippen LogP contribution in [0.5, 0.6) is 0 Å². The number of hydrogen-bond acceptors (Lipinski definition) is 2. The Morgan fingerprint density at radius 2 is 2.00 bits per heavy atom. The predicted octanol–water partition coefficient (Wildman–Crippen LogP) is 2.79. The van der Waals surface area contributed by atoms with Gasteiger partial charge in [-0.15, -0.1) is 0 Å². The second-order valence-electron chi connectivity index (χ2n) is 2.96. The first-order valence-electron chi connectivity index (χ1n) is 5.54. The van der Waals surface area contributed by atoms with Crippen molar-refractivity contribution in [3.63, 3.8) is 0 Å². The number of hydrogen-bond donors (Lipinski definition) is 2. The van der Waals surface area contributed by atoms with Crippen LogP contribution in [0.3, 0.4) is 0 Å². The van der Waals surface area contributed by atoms with Crippen molar-refractivity contribution in [2.45, 2.75) is 20.3 Å². The van der Waals surface area contributed by atoms with Crippen LogP contribution < -0.4 is 5.32 Å². The lowest BCUT2D eigenvalue weighted by Gasteiger charge is -2.09. The predicted molar refractivity (Wildman–Crippen MR) is 66.5 cm³/mol. The van der Waals surface area contributed by atoms with Crippen LogP contribution in [0.1, 0.15) is 25.8 Å². The Morgan fingerprint density at radius 3 is 2.56 bits per heavy atom. The zero-order chi connectivity index (χ0) is 12.4. The Morgan fingerprint density at radius 1 is 1.38 bits per heavy atom. The summed E-state index contributed by atoms with van der Waals surface area (Å²) in [6, 6.07) is 6.47. The van der Waals surface area contributed by atoms with Gasteiger partial charge >= 0.3 is 0 Å². The highest BCUT2D eigenvalue weighted by Gasteiger charge is 2.03. The zero-order valence-electron chi connectivity index (χ0n) is 9.96. The molecule has 0 aliphatic rings. The van der Waals surface area contributed by atoms with Crippen LogP contribution in [0.4, 0.5) is 4.39 Å². The van der Waals surface area contributed by atoms with Gasteiger partial charge < -0.3 is 10.4 Å². The molecule has 0 aromatic heterocycles. The quantitative estimate of drug-likeness (QED) is 0.755. The summed E-state index contributed by atoms with van der Waals surface area (Å²) >= 11 is 0. The smallest absolute Gasteiger partial charge is 0.132 e. The van der Waals surface area contributed by atoms with Crippen LogP contribution in [0.25, 0.3) is 5.70 Å². The Balaban J connectivity index is 0.00000106. The number of aliphatic hydroxyl groups is 1. The van der Waals surface area contributed by atoms with Gasteiger partial charge in [-0.3, -0.25) is 0 Å². The molecule has 1 rings (SSSR count). The van der Waals surface area contributed by atoms with E-state index in [0.717, 1.165) is 0 Å². The maximum atomic E-state index is 13.2. The fourth-order valence-corrected chi connectivity index (χ4v) is 1.12. The summed E-state index contributed by atoms with van der Waals surface area (Å²) in [6.07, 6.45) is 0.632. The van der Waals surface area contributed by atoms with E-state index in [1.807, 2.05) is 13.8 Å². The lowest BCUT2D eigenvalue weighted by Crippen LogP contribution is -2.14. The largest absolute Gasteiger partial charge is 0.396 e. The summed E-state index contributed by atoms with van der Waals surface area (Å²) in [4.78, 5) is 0. The van der Waals surface area contributed by atoms with Gasteiger partial charge in [0.1, 0.15) is 5.82 Å². The van der Waals surface area contributed by atoms with Crippen molar-refractivity contribution in [1.29, 1.82) is 0 Å². The normalized spacial score (nSPS) is 9.00. The fourth-order valence-electron chi connectivity index (χ4n) is 1.12. The Kier molecular flexibility index (Phi) is 8.17. The van der Waals surface area contributed by atoms with E-state index in [9.17, 15) is 4.39 Å². The first kappa shape index (κ1) is 14.6. The van der Waals surface area contributed by atoms with Crippen LogP contribution in [0, 0.1) is 5.82 Å². The van der Waals surface area contributed by atoms with E-state index in [4.69, 9.17) is 5.11 Å². The molecule has 1 aromatic rings. The van der Waals surface area contributed by atoms with Crippen molar-refractivity contribution in [2.24, 2.45) is 0 Å². The van der Waals surface area contributed by atoms with Crippen molar-refractivity contribution < 1.29 is 9.50 Å². The third-order valence-electron chi connectivity index (χ3n) is 1.87. The first-order valence-corrected chi connectivity index (χ1v) is 5.54. The van der Waals surface area contributed by atoms with Gasteiger partial charge in [0.25, 0.3) is 0 Å². The van der Waals surface area contributed by atoms with E-state index in [2.05, 4.69) is 11.9 Å². The molecule has 3 heteroatoms. The Hall–Kier alpha value is -1.35. The fraction of sp³-hybridized carbons (Fsp3) is 0.385. The van der Waals surface area contributed by atoms with Crippen molar-refractivity contribution in [1.82, 2.24) is 5.32 Å². The summed E-state index contributed by atoms with van der Waals surface area (Å²) in [5.74, 6) is -0.283. The molecule has 0 saturated heterocycles. The third kappa shape index (κ3) is 4.94. The second kappa shape index (κ2) is 8.92. The topological polar surface area (TPSA) is 32.3 Å². The lowest BCUT2D eigenvalue weighted by molar-refractivity contribution is 0.288. The van der Waals surface area contributed by atoms with Crippen LogP contribution in [-0.4, -0.2) is 18.3 Å². The third-order valence-corrected chi connectivity index (χ3v) is 1.87. The van der Waals surface area contributed by atoms with Crippen molar-refractivity contribution in [3.8, 4) is 0 Å². The average molecular weight is 225 g/mol. The molecular formula is C13H20FNO. The molecule has 2 nitrogen and oxygen atoms in total. The zero-order valence-corrected chi connectivity index (χ0v) is 9.96. The molecule has 2 N–H and O–H groups in total. The number of benzene rings is 1. The molecule has 0 heterocycles. The molecule has 1 aromatic carbocycles. The van der Waals surface area contributed by atoms with E-state index in [1.54, 1.807) is 18.2 Å². The first-order chi connectivity index (χ1) is 7.75. The van der Waals surface area contributed by atoms with E-state index < -0.39 is 0 Å². The van der Waals surface area contributed by atoms with Crippen LogP contribution in [0.2, 0.25) is 0 Å². The van der Waals surface area contributed by atoms with Gasteiger partial charge in [-0.25, -0.2) is 4.39 Å². The maximum Gasteiger partial charge on any atom is 0.132 e. The molecule has 16 heavy (non-hydrogen) atoms. The molecule has 0 spiro atoms. The molecule has 0 radical (unpaired) electrons. The molecule has 0 fully saturated rings. The second-order valence-corrected chi connectivity index (χ2v) is 2.96. The van der Waals surface area contributed by atoms with E-state index in [0.29, 0.717) is 24.2 Å². The van der Waals surface area contributed by atoms with Crippen molar-refractivity contribution in [2.75, 3.05) is 13.2 Å². The van der Waals surface area contributed by atoms with Crippen LogP contribution in [-0.2, 0) is 0 Å². The molecule has 0 aliphatic heterocycles.